The zero-order valence-corrected chi connectivity index (χ0v) is 8.24. The average molecular weight is 240 g/mol. The summed E-state index contributed by atoms with van der Waals surface area (Å²) in [7, 11) is -3.18. The summed E-state index contributed by atoms with van der Waals surface area (Å²) in [5, 5.41) is 0. The Balaban J connectivity index is 2.96. The number of rotatable bonds is 3. The van der Waals surface area contributed by atoms with E-state index >= 15 is 0 Å². The monoisotopic (exact) mass is 240 g/mol. The van der Waals surface area contributed by atoms with Gasteiger partial charge in [-0.1, -0.05) is 0 Å². The summed E-state index contributed by atoms with van der Waals surface area (Å²) in [5.41, 5.74) is 0. The molecule has 0 atom stereocenters. The number of hydrogen-bond donors (Lipinski definition) is 1. The van der Waals surface area contributed by atoms with E-state index in [1.54, 1.807) is 0 Å². The van der Waals surface area contributed by atoms with Crippen LogP contribution in [0.1, 0.15) is 0 Å². The summed E-state index contributed by atoms with van der Waals surface area (Å²) < 4.78 is 54.3. The Morgan fingerprint density at radius 2 is 1.73 bits per heavy atom. The molecule has 0 unspecified atom stereocenters. The minimum Gasteiger partial charge on any atom is -0.327 e. The Kier molecular flexibility index (Phi) is 3.09. The van der Waals surface area contributed by atoms with Gasteiger partial charge < -0.3 is 4.90 Å². The molecule has 0 radical (unpaired) electrons. The van der Waals surface area contributed by atoms with Crippen molar-refractivity contribution in [1.29, 1.82) is 0 Å². The number of aromatic nitrogens is 3. The molecular weight excluding hydrogens is 234 g/mol. The lowest BCUT2D eigenvalue weighted by Gasteiger charge is -2.13. The Labute approximate surface area is 83.5 Å². The molecular formula is C5H6F2N4O3S. The molecule has 1 aromatic rings. The predicted molar refractivity (Wildman–Crippen MR) is 44.6 cm³/mol. The highest BCUT2D eigenvalue weighted by molar-refractivity contribution is 7.85. The van der Waals surface area contributed by atoms with Gasteiger partial charge >= 0.3 is 12.2 Å². The fourth-order valence-corrected chi connectivity index (χ4v) is 1.39. The summed E-state index contributed by atoms with van der Waals surface area (Å²) in [4.78, 5) is 9.45. The molecule has 0 bridgehead atoms. The zero-order valence-electron chi connectivity index (χ0n) is 7.42. The van der Waals surface area contributed by atoms with Gasteiger partial charge in [-0.2, -0.15) is 32.2 Å². The highest BCUT2D eigenvalue weighted by Crippen LogP contribution is 2.05. The Morgan fingerprint density at radius 3 is 2.13 bits per heavy atom. The van der Waals surface area contributed by atoms with Crippen LogP contribution in [0.15, 0.2) is 0 Å². The van der Waals surface area contributed by atoms with Crippen LogP contribution in [0.3, 0.4) is 0 Å². The van der Waals surface area contributed by atoms with Gasteiger partial charge in [0.1, 0.15) is 5.88 Å². The van der Waals surface area contributed by atoms with E-state index in [4.69, 9.17) is 4.55 Å². The van der Waals surface area contributed by atoms with Gasteiger partial charge in [0.2, 0.25) is 5.95 Å². The van der Waals surface area contributed by atoms with Gasteiger partial charge in [-0.3, -0.25) is 4.55 Å². The topological polar surface area (TPSA) is 96.3 Å². The van der Waals surface area contributed by atoms with Gasteiger partial charge in [0.05, 0.1) is 0 Å². The molecule has 0 saturated heterocycles. The summed E-state index contributed by atoms with van der Waals surface area (Å²) in [6, 6.07) is 0. The molecule has 0 saturated carbocycles. The van der Waals surface area contributed by atoms with Crippen LogP contribution in [0.5, 0.6) is 0 Å². The van der Waals surface area contributed by atoms with Crippen LogP contribution >= 0.6 is 0 Å². The van der Waals surface area contributed by atoms with E-state index < -0.39 is 34.1 Å². The first-order chi connectivity index (χ1) is 6.78. The minimum atomic E-state index is -4.32. The van der Waals surface area contributed by atoms with Crippen molar-refractivity contribution in [2.24, 2.45) is 0 Å². The Hall–Kier alpha value is -1.42. The number of hydrogen-bond acceptors (Lipinski definition) is 6. The van der Waals surface area contributed by atoms with Gasteiger partial charge in [0, 0.05) is 7.05 Å². The Bertz CT molecular complexity index is 445. The maximum absolute atomic E-state index is 12.5. The van der Waals surface area contributed by atoms with Crippen LogP contribution < -0.4 is 4.90 Å². The van der Waals surface area contributed by atoms with E-state index in [-0.39, 0.29) is 0 Å². The van der Waals surface area contributed by atoms with Crippen molar-refractivity contribution in [1.82, 2.24) is 15.0 Å². The van der Waals surface area contributed by atoms with Crippen molar-refractivity contribution >= 4 is 16.1 Å². The molecule has 0 aliphatic carbocycles. The summed E-state index contributed by atoms with van der Waals surface area (Å²) in [6.45, 7) is 0. The van der Waals surface area contributed by atoms with E-state index in [1.165, 1.54) is 0 Å². The number of halogens is 2. The van der Waals surface area contributed by atoms with Gasteiger partial charge in [-0.25, -0.2) is 0 Å². The molecule has 1 heterocycles. The molecule has 0 spiro atoms. The molecule has 0 aliphatic heterocycles. The maximum atomic E-state index is 12.5. The molecule has 0 fully saturated rings. The molecule has 1 N–H and O–H groups in total. The van der Waals surface area contributed by atoms with Crippen molar-refractivity contribution in [3.8, 4) is 0 Å². The predicted octanol–water partition coefficient (Wildman–Crippen LogP) is -0.569. The zero-order chi connectivity index (χ0) is 11.6. The van der Waals surface area contributed by atoms with Gasteiger partial charge in [0.15, 0.2) is 0 Å². The van der Waals surface area contributed by atoms with Crippen molar-refractivity contribution < 1.29 is 21.8 Å². The van der Waals surface area contributed by atoms with E-state index in [0.717, 1.165) is 11.9 Å². The molecule has 84 valence electrons. The molecule has 15 heavy (non-hydrogen) atoms. The van der Waals surface area contributed by atoms with Crippen LogP contribution in [-0.4, -0.2) is 40.8 Å². The van der Waals surface area contributed by atoms with E-state index in [1.807, 2.05) is 0 Å². The standard InChI is InChI=1S/C5H6F2N4O3S/c1-11(2-15(12,13)14)5-9-3(6)8-4(7)10-5/h2H2,1H3,(H,12,13,14). The van der Waals surface area contributed by atoms with Crippen molar-refractivity contribution in [2.75, 3.05) is 17.8 Å². The molecule has 1 rings (SSSR count). The van der Waals surface area contributed by atoms with E-state index in [9.17, 15) is 17.2 Å². The summed E-state index contributed by atoms with van der Waals surface area (Å²) >= 11 is 0. The second-order valence-electron chi connectivity index (χ2n) is 2.58. The molecule has 0 aliphatic rings. The lowest BCUT2D eigenvalue weighted by atomic mass is 10.8. The Morgan fingerprint density at radius 1 is 1.27 bits per heavy atom. The first kappa shape index (κ1) is 11.7. The first-order valence-corrected chi connectivity index (χ1v) is 5.12. The third kappa shape index (κ3) is 3.67. The maximum Gasteiger partial charge on any atom is 0.315 e. The third-order valence-electron chi connectivity index (χ3n) is 1.27. The second-order valence-corrected chi connectivity index (χ2v) is 4.00. The van der Waals surface area contributed by atoms with Crippen LogP contribution in [0.2, 0.25) is 0 Å². The average Bonchev–Trinajstić information content (AvgIpc) is 1.98. The summed E-state index contributed by atoms with van der Waals surface area (Å²) in [5.74, 6) is -1.41. The highest BCUT2D eigenvalue weighted by Gasteiger charge is 2.15. The van der Waals surface area contributed by atoms with E-state index in [0.29, 0.717) is 0 Å². The number of nitrogens with zero attached hydrogens (tertiary/aromatic N) is 4. The van der Waals surface area contributed by atoms with Gasteiger partial charge in [0.25, 0.3) is 10.1 Å². The molecule has 1 aromatic heterocycles. The minimum absolute atomic E-state index is 0.530. The van der Waals surface area contributed by atoms with Crippen molar-refractivity contribution in [3.63, 3.8) is 0 Å². The summed E-state index contributed by atoms with van der Waals surface area (Å²) in [6.07, 6.45) is -2.75. The number of anilines is 1. The lowest BCUT2D eigenvalue weighted by Crippen LogP contribution is -2.27. The fraction of sp³-hybridized carbons (Fsp3) is 0.400. The van der Waals surface area contributed by atoms with E-state index in [2.05, 4.69) is 15.0 Å². The van der Waals surface area contributed by atoms with Crippen molar-refractivity contribution in [3.05, 3.63) is 12.2 Å². The van der Waals surface area contributed by atoms with Crippen molar-refractivity contribution in [2.45, 2.75) is 0 Å². The molecule has 0 aromatic carbocycles. The van der Waals surface area contributed by atoms with Gasteiger partial charge in [-0.05, 0) is 0 Å². The second kappa shape index (κ2) is 3.98. The largest absolute Gasteiger partial charge is 0.327 e. The molecule has 0 amide bonds. The quantitative estimate of drug-likeness (QED) is 0.706. The fourth-order valence-electron chi connectivity index (χ4n) is 0.789. The SMILES string of the molecule is CN(CS(=O)(=O)O)c1nc(F)nc(F)n1. The van der Waals surface area contributed by atoms with Crippen LogP contribution in [0, 0.1) is 12.2 Å². The lowest BCUT2D eigenvalue weighted by molar-refractivity contribution is 0.452. The van der Waals surface area contributed by atoms with Gasteiger partial charge in [-0.15, -0.1) is 0 Å². The normalized spacial score (nSPS) is 11.5. The van der Waals surface area contributed by atoms with Crippen LogP contribution in [0.4, 0.5) is 14.7 Å². The molecule has 7 nitrogen and oxygen atoms in total. The smallest absolute Gasteiger partial charge is 0.315 e. The third-order valence-corrected chi connectivity index (χ3v) is 1.98. The molecule has 10 heteroatoms. The van der Waals surface area contributed by atoms with Crippen LogP contribution in [-0.2, 0) is 10.1 Å². The highest BCUT2D eigenvalue weighted by atomic mass is 32.2. The first-order valence-electron chi connectivity index (χ1n) is 3.51. The van der Waals surface area contributed by atoms with Crippen LogP contribution in [0.25, 0.3) is 0 Å².